The zero-order valence-corrected chi connectivity index (χ0v) is 15.0. The van der Waals surface area contributed by atoms with Gasteiger partial charge in [0.2, 0.25) is 0 Å². The lowest BCUT2D eigenvalue weighted by molar-refractivity contribution is 0.0598. The van der Waals surface area contributed by atoms with Gasteiger partial charge in [-0.2, -0.15) is 0 Å². The van der Waals surface area contributed by atoms with Crippen LogP contribution in [0.5, 0.6) is 0 Å². The molecule has 7 heteroatoms. The number of hydrogen-bond donors (Lipinski definition) is 0. The smallest absolute Gasteiger partial charge is 0.339 e. The Morgan fingerprint density at radius 3 is 2.81 bits per heavy atom. The van der Waals surface area contributed by atoms with Crippen LogP contribution in [0.4, 0.5) is 0 Å². The van der Waals surface area contributed by atoms with Crippen molar-refractivity contribution in [3.8, 4) is 0 Å². The second-order valence-corrected chi connectivity index (χ2v) is 7.16. The molecule has 1 fully saturated rings. The number of fused-ring (bicyclic) bond motifs is 1. The van der Waals surface area contributed by atoms with Gasteiger partial charge in [0.1, 0.15) is 10.7 Å². The number of esters is 1. The summed E-state index contributed by atoms with van der Waals surface area (Å²) in [6.45, 7) is 0.680. The summed E-state index contributed by atoms with van der Waals surface area (Å²) in [5, 5.41) is 0.961. The van der Waals surface area contributed by atoms with E-state index in [4.69, 9.17) is 4.98 Å². The molecule has 3 heterocycles. The minimum absolute atomic E-state index is 0.0259. The molecule has 3 aromatic rings. The fourth-order valence-corrected chi connectivity index (χ4v) is 4.32. The van der Waals surface area contributed by atoms with E-state index in [2.05, 4.69) is 9.72 Å². The van der Waals surface area contributed by atoms with Gasteiger partial charge in [0.15, 0.2) is 0 Å². The molecule has 1 amide bonds. The van der Waals surface area contributed by atoms with Gasteiger partial charge in [0.25, 0.3) is 5.91 Å². The van der Waals surface area contributed by atoms with Crippen LogP contribution in [0.15, 0.2) is 42.6 Å². The van der Waals surface area contributed by atoms with E-state index in [0.29, 0.717) is 17.8 Å². The second kappa shape index (κ2) is 6.84. The molecule has 1 aliphatic rings. The number of ether oxygens (including phenoxy) is 1. The Morgan fingerprint density at radius 1 is 1.23 bits per heavy atom. The van der Waals surface area contributed by atoms with Gasteiger partial charge in [-0.3, -0.25) is 9.78 Å². The van der Waals surface area contributed by atoms with Crippen LogP contribution in [0.25, 0.3) is 10.2 Å². The average Bonchev–Trinajstić information content (AvgIpc) is 3.33. The summed E-state index contributed by atoms with van der Waals surface area (Å²) in [5.41, 5.74) is 1.62. The number of para-hydroxylation sites is 1. The second-order valence-electron chi connectivity index (χ2n) is 6.10. The van der Waals surface area contributed by atoms with Crippen LogP contribution >= 0.6 is 11.3 Å². The van der Waals surface area contributed by atoms with Gasteiger partial charge in [-0.1, -0.05) is 12.1 Å². The minimum Gasteiger partial charge on any atom is -0.465 e. The van der Waals surface area contributed by atoms with E-state index in [1.807, 2.05) is 29.2 Å². The lowest BCUT2D eigenvalue weighted by Crippen LogP contribution is -2.31. The number of likely N-dealkylation sites (tertiary alicyclic amines) is 1. The summed E-state index contributed by atoms with van der Waals surface area (Å²) in [5.74, 6) is -0.604. The molecule has 0 saturated carbocycles. The van der Waals surface area contributed by atoms with E-state index < -0.39 is 5.97 Å². The van der Waals surface area contributed by atoms with Crippen molar-refractivity contribution < 1.29 is 14.3 Å². The molecule has 0 bridgehead atoms. The molecule has 4 rings (SSSR count). The lowest BCUT2D eigenvalue weighted by Gasteiger charge is -2.22. The summed E-state index contributed by atoms with van der Waals surface area (Å²) < 4.78 is 5.79. The normalized spacial score (nSPS) is 16.8. The maximum atomic E-state index is 12.9. The SMILES string of the molecule is COC(=O)c1ccc(C(=O)N2CCCC2c2nc3ccccc3s2)nc1. The van der Waals surface area contributed by atoms with Crippen molar-refractivity contribution in [2.75, 3.05) is 13.7 Å². The van der Waals surface area contributed by atoms with Crippen molar-refractivity contribution in [2.24, 2.45) is 0 Å². The molecule has 1 atom stereocenters. The summed E-state index contributed by atoms with van der Waals surface area (Å²) in [7, 11) is 1.31. The van der Waals surface area contributed by atoms with Crippen LogP contribution in [0.2, 0.25) is 0 Å². The maximum absolute atomic E-state index is 12.9. The number of benzene rings is 1. The van der Waals surface area contributed by atoms with E-state index in [-0.39, 0.29) is 11.9 Å². The molecule has 0 radical (unpaired) electrons. The highest BCUT2D eigenvalue weighted by molar-refractivity contribution is 7.18. The molecule has 0 N–H and O–H groups in total. The van der Waals surface area contributed by atoms with Crippen molar-refractivity contribution in [3.05, 3.63) is 58.9 Å². The molecular weight excluding hydrogens is 350 g/mol. The first-order chi connectivity index (χ1) is 12.7. The van der Waals surface area contributed by atoms with Gasteiger partial charge in [-0.05, 0) is 37.1 Å². The van der Waals surface area contributed by atoms with Crippen LogP contribution in [-0.4, -0.2) is 40.4 Å². The molecule has 0 spiro atoms. The van der Waals surface area contributed by atoms with Crippen molar-refractivity contribution in [2.45, 2.75) is 18.9 Å². The number of pyridine rings is 1. The maximum Gasteiger partial charge on any atom is 0.339 e. The number of carbonyl (C=O) groups excluding carboxylic acids is 2. The van der Waals surface area contributed by atoms with Crippen LogP contribution < -0.4 is 0 Å². The largest absolute Gasteiger partial charge is 0.465 e. The molecule has 2 aromatic heterocycles. The highest BCUT2D eigenvalue weighted by Gasteiger charge is 2.33. The standard InChI is InChI=1S/C19H17N3O3S/c1-25-19(24)12-8-9-14(20-11-12)18(23)22-10-4-6-15(22)17-21-13-5-2-3-7-16(13)26-17/h2-3,5,7-9,11,15H,4,6,10H2,1H3. The molecule has 132 valence electrons. The van der Waals surface area contributed by atoms with Crippen LogP contribution in [0.1, 0.15) is 44.7 Å². The Bertz CT molecular complexity index is 935. The highest BCUT2D eigenvalue weighted by atomic mass is 32.1. The molecule has 1 aliphatic heterocycles. The molecule has 6 nitrogen and oxygen atoms in total. The number of aromatic nitrogens is 2. The van der Waals surface area contributed by atoms with Gasteiger partial charge < -0.3 is 9.64 Å². The number of methoxy groups -OCH3 is 1. The van der Waals surface area contributed by atoms with E-state index >= 15 is 0 Å². The monoisotopic (exact) mass is 367 g/mol. The summed E-state index contributed by atoms with van der Waals surface area (Å²) in [6.07, 6.45) is 3.21. The van der Waals surface area contributed by atoms with Crippen LogP contribution in [0.3, 0.4) is 0 Å². The van der Waals surface area contributed by atoms with E-state index in [1.165, 1.54) is 13.3 Å². The Morgan fingerprint density at radius 2 is 2.08 bits per heavy atom. The Kier molecular flexibility index (Phi) is 4.38. The number of hydrogen-bond acceptors (Lipinski definition) is 6. The lowest BCUT2D eigenvalue weighted by atomic mass is 10.2. The number of nitrogens with zero attached hydrogens (tertiary/aromatic N) is 3. The fourth-order valence-electron chi connectivity index (χ4n) is 3.21. The first kappa shape index (κ1) is 16.7. The van der Waals surface area contributed by atoms with Gasteiger partial charge in [0.05, 0.1) is 28.9 Å². The number of rotatable bonds is 3. The number of carbonyl (C=O) groups is 2. The van der Waals surface area contributed by atoms with Gasteiger partial charge in [-0.25, -0.2) is 9.78 Å². The third kappa shape index (κ3) is 2.94. The van der Waals surface area contributed by atoms with Crippen LogP contribution in [0, 0.1) is 0 Å². The van der Waals surface area contributed by atoms with E-state index in [1.54, 1.807) is 23.5 Å². The predicted molar refractivity (Wildman–Crippen MR) is 98.2 cm³/mol. The van der Waals surface area contributed by atoms with Gasteiger partial charge >= 0.3 is 5.97 Å². The first-order valence-electron chi connectivity index (χ1n) is 8.38. The molecular formula is C19H17N3O3S. The zero-order valence-electron chi connectivity index (χ0n) is 14.2. The van der Waals surface area contributed by atoms with E-state index in [9.17, 15) is 9.59 Å². The average molecular weight is 367 g/mol. The number of thiazole rings is 1. The minimum atomic E-state index is -0.468. The third-order valence-corrected chi connectivity index (χ3v) is 5.65. The topological polar surface area (TPSA) is 72.4 Å². The summed E-state index contributed by atoms with van der Waals surface area (Å²) in [4.78, 5) is 35.1. The van der Waals surface area contributed by atoms with Gasteiger partial charge in [-0.15, -0.1) is 11.3 Å². The Hall–Kier alpha value is -2.80. The van der Waals surface area contributed by atoms with Gasteiger partial charge in [0, 0.05) is 12.7 Å². The predicted octanol–water partition coefficient (Wildman–Crippen LogP) is 3.46. The van der Waals surface area contributed by atoms with Crippen LogP contribution in [-0.2, 0) is 4.74 Å². The first-order valence-corrected chi connectivity index (χ1v) is 9.20. The molecule has 1 saturated heterocycles. The highest BCUT2D eigenvalue weighted by Crippen LogP contribution is 2.37. The van der Waals surface area contributed by atoms with Crippen molar-refractivity contribution in [1.29, 1.82) is 0 Å². The zero-order chi connectivity index (χ0) is 18.1. The quantitative estimate of drug-likeness (QED) is 0.663. The molecule has 1 unspecified atom stereocenters. The molecule has 0 aliphatic carbocycles. The Labute approximate surface area is 154 Å². The summed E-state index contributed by atoms with van der Waals surface area (Å²) in [6, 6.07) is 11.1. The summed E-state index contributed by atoms with van der Waals surface area (Å²) >= 11 is 1.63. The fraction of sp³-hybridized carbons (Fsp3) is 0.263. The Balaban J connectivity index is 1.59. The van der Waals surface area contributed by atoms with Crippen molar-refractivity contribution >= 4 is 33.4 Å². The van der Waals surface area contributed by atoms with Crippen molar-refractivity contribution in [3.63, 3.8) is 0 Å². The van der Waals surface area contributed by atoms with E-state index in [0.717, 1.165) is 28.1 Å². The molecule has 26 heavy (non-hydrogen) atoms. The number of amides is 1. The third-order valence-electron chi connectivity index (χ3n) is 4.51. The molecule has 1 aromatic carbocycles. The van der Waals surface area contributed by atoms with Crippen molar-refractivity contribution in [1.82, 2.24) is 14.9 Å².